The fraction of sp³-hybridized carbons (Fsp3) is 0.227. The van der Waals surface area contributed by atoms with Gasteiger partial charge < -0.3 is 10.6 Å². The molecule has 8 nitrogen and oxygen atoms in total. The van der Waals surface area contributed by atoms with Crippen molar-refractivity contribution in [2.24, 2.45) is 0 Å². The van der Waals surface area contributed by atoms with Crippen molar-refractivity contribution in [3.63, 3.8) is 0 Å². The molecule has 0 saturated heterocycles. The van der Waals surface area contributed by atoms with Gasteiger partial charge in [-0.1, -0.05) is 12.1 Å². The molecule has 4 aromatic rings. The smallest absolute Gasteiger partial charge is 0.262 e. The molecule has 2 amide bonds. The van der Waals surface area contributed by atoms with Gasteiger partial charge in [0.2, 0.25) is 11.8 Å². The van der Waals surface area contributed by atoms with Crippen LogP contribution in [-0.4, -0.2) is 26.3 Å². The number of hydrogen-bond acceptors (Lipinski definition) is 7. The Hall–Kier alpha value is -3.37. The number of thiophene rings is 1. The van der Waals surface area contributed by atoms with Crippen LogP contribution in [0.4, 0.5) is 10.8 Å². The van der Waals surface area contributed by atoms with Crippen LogP contribution in [0.5, 0.6) is 0 Å². The first-order valence-corrected chi connectivity index (χ1v) is 11.6. The molecule has 10 heteroatoms. The third-order valence-corrected chi connectivity index (χ3v) is 6.86. The summed E-state index contributed by atoms with van der Waals surface area (Å²) in [7, 11) is 0. The van der Waals surface area contributed by atoms with Gasteiger partial charge in [-0.2, -0.15) is 0 Å². The van der Waals surface area contributed by atoms with Gasteiger partial charge in [-0.3, -0.25) is 19.0 Å². The summed E-state index contributed by atoms with van der Waals surface area (Å²) >= 11 is 2.83. The summed E-state index contributed by atoms with van der Waals surface area (Å²) in [6.45, 7) is 5.59. The van der Waals surface area contributed by atoms with Crippen LogP contribution in [0.15, 0.2) is 40.8 Å². The van der Waals surface area contributed by atoms with E-state index in [0.717, 1.165) is 26.5 Å². The first kappa shape index (κ1) is 21.8. The summed E-state index contributed by atoms with van der Waals surface area (Å²) in [5.41, 5.74) is 3.14. The van der Waals surface area contributed by atoms with E-state index in [1.54, 1.807) is 12.1 Å². The topological polar surface area (TPSA) is 106 Å². The van der Waals surface area contributed by atoms with Gasteiger partial charge in [-0.25, -0.2) is 9.97 Å². The number of benzene rings is 1. The van der Waals surface area contributed by atoms with Crippen molar-refractivity contribution in [1.82, 2.24) is 14.5 Å². The largest absolute Gasteiger partial charge is 0.326 e. The molecule has 0 aliphatic rings. The van der Waals surface area contributed by atoms with Crippen molar-refractivity contribution in [3.05, 3.63) is 56.8 Å². The zero-order valence-corrected chi connectivity index (χ0v) is 19.4. The number of fused-ring (bicyclic) bond motifs is 1. The number of thiazole rings is 1. The van der Waals surface area contributed by atoms with Crippen molar-refractivity contribution in [1.29, 1.82) is 0 Å². The first-order valence-electron chi connectivity index (χ1n) is 9.90. The maximum Gasteiger partial charge on any atom is 0.262 e. The molecule has 164 valence electrons. The second kappa shape index (κ2) is 9.01. The summed E-state index contributed by atoms with van der Waals surface area (Å²) in [5, 5.41) is 8.48. The minimum absolute atomic E-state index is 0.121. The molecule has 0 unspecified atom stereocenters. The van der Waals surface area contributed by atoms with Gasteiger partial charge in [0.25, 0.3) is 5.56 Å². The molecule has 32 heavy (non-hydrogen) atoms. The van der Waals surface area contributed by atoms with Crippen molar-refractivity contribution < 1.29 is 9.59 Å². The average molecular weight is 468 g/mol. The van der Waals surface area contributed by atoms with E-state index in [4.69, 9.17) is 0 Å². The lowest BCUT2D eigenvalue weighted by molar-refractivity contribution is -0.116. The van der Waals surface area contributed by atoms with Crippen molar-refractivity contribution in [2.75, 3.05) is 10.6 Å². The van der Waals surface area contributed by atoms with Crippen molar-refractivity contribution >= 4 is 55.5 Å². The molecular formula is C22H21N5O3S2. The number of hydrogen-bond donors (Lipinski definition) is 2. The molecular weight excluding hydrogens is 446 g/mol. The summed E-state index contributed by atoms with van der Waals surface area (Å²) in [4.78, 5) is 46.9. The molecule has 4 rings (SSSR count). The van der Waals surface area contributed by atoms with Crippen molar-refractivity contribution in [3.8, 4) is 11.3 Å². The summed E-state index contributed by atoms with van der Waals surface area (Å²) in [6.07, 6.45) is 1.63. The van der Waals surface area contributed by atoms with E-state index < -0.39 is 0 Å². The zero-order valence-electron chi connectivity index (χ0n) is 17.8. The molecule has 2 N–H and O–H groups in total. The lowest BCUT2D eigenvalue weighted by Gasteiger charge is -2.05. The first-order chi connectivity index (χ1) is 15.3. The normalized spacial score (nSPS) is 11.0. The van der Waals surface area contributed by atoms with E-state index in [0.29, 0.717) is 16.2 Å². The van der Waals surface area contributed by atoms with E-state index in [1.807, 2.05) is 31.4 Å². The van der Waals surface area contributed by atoms with Crippen LogP contribution >= 0.6 is 22.7 Å². The maximum absolute atomic E-state index is 12.7. The number of carbonyl (C=O) groups is 2. The Labute approximate surface area is 192 Å². The van der Waals surface area contributed by atoms with E-state index in [1.165, 1.54) is 40.5 Å². The number of nitrogens with one attached hydrogen (secondary N) is 2. The SMILES string of the molecule is CC(=O)Nc1ccc(-c2csc(NC(=O)CCn3cnc4sc(C)c(C)c4c3=O)n2)cc1. The van der Waals surface area contributed by atoms with Crippen LogP contribution in [0.25, 0.3) is 21.5 Å². The van der Waals surface area contributed by atoms with E-state index in [-0.39, 0.29) is 30.3 Å². The van der Waals surface area contributed by atoms with Crippen LogP contribution in [0.3, 0.4) is 0 Å². The number of nitrogens with zero attached hydrogens (tertiary/aromatic N) is 3. The zero-order chi connectivity index (χ0) is 22.8. The van der Waals surface area contributed by atoms with Crippen LogP contribution in [0, 0.1) is 13.8 Å². The van der Waals surface area contributed by atoms with Gasteiger partial charge in [0.15, 0.2) is 5.13 Å². The summed E-state index contributed by atoms with van der Waals surface area (Å²) in [6, 6.07) is 7.31. The van der Waals surface area contributed by atoms with Crippen molar-refractivity contribution in [2.45, 2.75) is 33.7 Å². The van der Waals surface area contributed by atoms with Crippen LogP contribution in [-0.2, 0) is 16.1 Å². The molecule has 3 aromatic heterocycles. The van der Waals surface area contributed by atoms with Gasteiger partial charge in [0.1, 0.15) is 4.83 Å². The Bertz CT molecular complexity index is 1370. The second-order valence-electron chi connectivity index (χ2n) is 7.30. The van der Waals surface area contributed by atoms with Crippen LogP contribution in [0.2, 0.25) is 0 Å². The Kier molecular flexibility index (Phi) is 6.15. The van der Waals surface area contributed by atoms with E-state index in [2.05, 4.69) is 20.6 Å². The summed E-state index contributed by atoms with van der Waals surface area (Å²) in [5.74, 6) is -0.355. The van der Waals surface area contributed by atoms with E-state index >= 15 is 0 Å². The Morgan fingerprint density at radius 2 is 1.88 bits per heavy atom. The highest BCUT2D eigenvalue weighted by atomic mass is 32.1. The van der Waals surface area contributed by atoms with Gasteiger partial charge in [0, 0.05) is 41.4 Å². The number of aromatic nitrogens is 3. The second-order valence-corrected chi connectivity index (χ2v) is 9.36. The standard InChI is InChI=1S/C22H21N5O3S2/c1-12-13(2)32-20-19(12)21(30)27(11-23-20)9-8-18(29)26-22-25-17(10-31-22)15-4-6-16(7-5-15)24-14(3)28/h4-7,10-11H,8-9H2,1-3H3,(H,24,28)(H,25,26,29). The molecule has 0 radical (unpaired) electrons. The minimum Gasteiger partial charge on any atom is -0.326 e. The maximum atomic E-state index is 12.7. The van der Waals surface area contributed by atoms with Crippen LogP contribution < -0.4 is 16.2 Å². The molecule has 0 saturated carbocycles. The molecule has 0 aliphatic heterocycles. The molecule has 0 spiro atoms. The number of aryl methyl sites for hydroxylation is 3. The third-order valence-electron chi connectivity index (χ3n) is 4.99. The van der Waals surface area contributed by atoms with Crippen LogP contribution in [0.1, 0.15) is 23.8 Å². The Morgan fingerprint density at radius 1 is 1.12 bits per heavy atom. The fourth-order valence-electron chi connectivity index (χ4n) is 3.22. The fourth-order valence-corrected chi connectivity index (χ4v) is 4.95. The van der Waals surface area contributed by atoms with Gasteiger partial charge in [-0.05, 0) is 31.5 Å². The third kappa shape index (κ3) is 4.61. The number of rotatable bonds is 6. The lowest BCUT2D eigenvalue weighted by atomic mass is 10.1. The quantitative estimate of drug-likeness (QED) is 0.442. The minimum atomic E-state index is -0.225. The monoisotopic (exact) mass is 467 g/mol. The highest BCUT2D eigenvalue weighted by Gasteiger charge is 2.13. The highest BCUT2D eigenvalue weighted by molar-refractivity contribution is 7.18. The summed E-state index contributed by atoms with van der Waals surface area (Å²) < 4.78 is 1.48. The predicted molar refractivity (Wildman–Crippen MR) is 128 cm³/mol. The van der Waals surface area contributed by atoms with Gasteiger partial charge in [-0.15, -0.1) is 22.7 Å². The Balaban J connectivity index is 1.39. The number of anilines is 2. The van der Waals surface area contributed by atoms with Gasteiger partial charge in [0.05, 0.1) is 17.4 Å². The number of amides is 2. The predicted octanol–water partition coefficient (Wildman–Crippen LogP) is 4.19. The van der Waals surface area contributed by atoms with E-state index in [9.17, 15) is 14.4 Å². The highest BCUT2D eigenvalue weighted by Crippen LogP contribution is 2.27. The molecule has 3 heterocycles. The number of carbonyl (C=O) groups excluding carboxylic acids is 2. The molecule has 0 aliphatic carbocycles. The molecule has 1 aromatic carbocycles. The Morgan fingerprint density at radius 3 is 2.59 bits per heavy atom. The molecule has 0 atom stereocenters. The lowest BCUT2D eigenvalue weighted by Crippen LogP contribution is -2.23. The molecule has 0 bridgehead atoms. The molecule has 0 fully saturated rings. The average Bonchev–Trinajstić information content (AvgIpc) is 3.32. The van der Waals surface area contributed by atoms with Gasteiger partial charge >= 0.3 is 0 Å².